The zero-order valence-electron chi connectivity index (χ0n) is 11.4. The van der Waals surface area contributed by atoms with Gasteiger partial charge in [-0.1, -0.05) is 24.3 Å². The van der Waals surface area contributed by atoms with E-state index in [2.05, 4.69) is 49.6 Å². The van der Waals surface area contributed by atoms with E-state index in [1.54, 1.807) is 6.92 Å². The molecule has 98 valence electrons. The molecule has 18 heavy (non-hydrogen) atoms. The summed E-state index contributed by atoms with van der Waals surface area (Å²) in [6.45, 7) is 11.3. The van der Waals surface area contributed by atoms with Gasteiger partial charge in [0.2, 0.25) is 0 Å². The molecule has 1 rings (SSSR count). The zero-order chi connectivity index (χ0) is 13.5. The second kappa shape index (κ2) is 6.84. The van der Waals surface area contributed by atoms with Gasteiger partial charge in [0.25, 0.3) is 0 Å². The molecule has 0 radical (unpaired) electrons. The first-order chi connectivity index (χ1) is 8.54. The molecule has 1 aromatic carbocycles. The summed E-state index contributed by atoms with van der Waals surface area (Å²) >= 11 is 0. The summed E-state index contributed by atoms with van der Waals surface area (Å²) in [7, 11) is 0. The van der Waals surface area contributed by atoms with Crippen LogP contribution >= 0.6 is 0 Å². The van der Waals surface area contributed by atoms with Gasteiger partial charge in [-0.3, -0.25) is 0 Å². The van der Waals surface area contributed by atoms with Gasteiger partial charge < -0.3 is 9.64 Å². The summed E-state index contributed by atoms with van der Waals surface area (Å²) in [5.74, 6) is -0.324. The van der Waals surface area contributed by atoms with Gasteiger partial charge in [0.1, 0.15) is 6.61 Å². The van der Waals surface area contributed by atoms with E-state index in [9.17, 15) is 4.79 Å². The highest BCUT2D eigenvalue weighted by Gasteiger charge is 2.06. The number of rotatable bonds is 6. The Bertz CT molecular complexity index is 409. The van der Waals surface area contributed by atoms with Gasteiger partial charge in [-0.15, -0.1) is 0 Å². The number of benzene rings is 1. The molecule has 0 atom stereocenters. The van der Waals surface area contributed by atoms with Crippen molar-refractivity contribution in [3.05, 3.63) is 42.0 Å². The van der Waals surface area contributed by atoms with Gasteiger partial charge >= 0.3 is 5.97 Å². The third-order valence-electron chi connectivity index (χ3n) is 2.72. The Kier molecular flexibility index (Phi) is 5.43. The molecule has 0 N–H and O–H groups in total. The number of carbonyl (C=O) groups excluding carboxylic acids is 1. The van der Waals surface area contributed by atoms with Crippen LogP contribution in [-0.4, -0.2) is 25.7 Å². The van der Waals surface area contributed by atoms with E-state index in [4.69, 9.17) is 4.74 Å². The van der Waals surface area contributed by atoms with Crippen LogP contribution in [0.5, 0.6) is 0 Å². The summed E-state index contributed by atoms with van der Waals surface area (Å²) in [5, 5.41) is 0. The molecular weight excluding hydrogens is 226 g/mol. The smallest absolute Gasteiger partial charge is 0.333 e. The molecule has 0 heterocycles. The number of anilines is 1. The SMILES string of the molecule is C=C(C)C(=O)OCCN(CC)c1ccc(C)cc1. The van der Waals surface area contributed by atoms with Crippen molar-refractivity contribution in [1.29, 1.82) is 0 Å². The number of nitrogens with zero attached hydrogens (tertiary/aromatic N) is 1. The van der Waals surface area contributed by atoms with E-state index >= 15 is 0 Å². The summed E-state index contributed by atoms with van der Waals surface area (Å²) in [6.07, 6.45) is 0. The van der Waals surface area contributed by atoms with Crippen LogP contribution in [0, 0.1) is 6.92 Å². The van der Waals surface area contributed by atoms with Gasteiger partial charge in [-0.2, -0.15) is 0 Å². The Morgan fingerprint density at radius 2 is 1.94 bits per heavy atom. The highest BCUT2D eigenvalue weighted by Crippen LogP contribution is 2.14. The molecule has 0 aromatic heterocycles. The molecule has 0 saturated heterocycles. The third-order valence-corrected chi connectivity index (χ3v) is 2.72. The minimum Gasteiger partial charge on any atom is -0.460 e. The van der Waals surface area contributed by atoms with Gasteiger partial charge in [0, 0.05) is 17.8 Å². The van der Waals surface area contributed by atoms with E-state index < -0.39 is 0 Å². The van der Waals surface area contributed by atoms with Crippen molar-refractivity contribution in [1.82, 2.24) is 0 Å². The lowest BCUT2D eigenvalue weighted by Gasteiger charge is -2.23. The van der Waals surface area contributed by atoms with Crippen molar-refractivity contribution in [3.63, 3.8) is 0 Å². The summed E-state index contributed by atoms with van der Waals surface area (Å²) in [6, 6.07) is 8.33. The zero-order valence-corrected chi connectivity index (χ0v) is 11.4. The molecule has 3 heteroatoms. The molecule has 0 fully saturated rings. The predicted molar refractivity (Wildman–Crippen MR) is 74.8 cm³/mol. The maximum Gasteiger partial charge on any atom is 0.333 e. The van der Waals surface area contributed by atoms with Crippen molar-refractivity contribution >= 4 is 11.7 Å². The maximum atomic E-state index is 11.3. The average Bonchev–Trinajstić information content (AvgIpc) is 2.35. The number of ether oxygens (including phenoxy) is 1. The molecule has 0 saturated carbocycles. The van der Waals surface area contributed by atoms with Crippen molar-refractivity contribution in [3.8, 4) is 0 Å². The van der Waals surface area contributed by atoms with E-state index in [0.717, 1.165) is 12.2 Å². The lowest BCUT2D eigenvalue weighted by atomic mass is 10.2. The van der Waals surface area contributed by atoms with Crippen LogP contribution in [0.2, 0.25) is 0 Å². The molecule has 0 bridgehead atoms. The fourth-order valence-electron chi connectivity index (χ4n) is 1.60. The van der Waals surface area contributed by atoms with E-state index in [-0.39, 0.29) is 5.97 Å². The number of hydrogen-bond acceptors (Lipinski definition) is 3. The third kappa shape index (κ3) is 4.24. The minimum atomic E-state index is -0.324. The molecule has 1 aromatic rings. The number of hydrogen-bond donors (Lipinski definition) is 0. The highest BCUT2D eigenvalue weighted by atomic mass is 16.5. The molecule has 0 spiro atoms. The molecule has 0 aliphatic heterocycles. The Balaban J connectivity index is 2.50. The standard InChI is InChI=1S/C15H21NO2/c1-5-16(10-11-18-15(17)12(2)3)14-8-6-13(4)7-9-14/h6-9H,2,5,10-11H2,1,3-4H3. The molecule has 0 amide bonds. The highest BCUT2D eigenvalue weighted by molar-refractivity contribution is 5.86. The number of likely N-dealkylation sites (N-methyl/N-ethyl adjacent to an activating group) is 1. The Morgan fingerprint density at radius 1 is 1.33 bits per heavy atom. The summed E-state index contributed by atoms with van der Waals surface area (Å²) < 4.78 is 5.10. The molecule has 0 unspecified atom stereocenters. The molecule has 3 nitrogen and oxygen atoms in total. The van der Waals surface area contributed by atoms with Crippen molar-refractivity contribution in [2.75, 3.05) is 24.6 Å². The van der Waals surface area contributed by atoms with Crippen LogP contribution in [0.3, 0.4) is 0 Å². The first-order valence-corrected chi connectivity index (χ1v) is 6.19. The number of aryl methyl sites for hydroxylation is 1. The first-order valence-electron chi connectivity index (χ1n) is 6.19. The quantitative estimate of drug-likeness (QED) is 0.572. The fraction of sp³-hybridized carbons (Fsp3) is 0.400. The second-order valence-electron chi connectivity index (χ2n) is 4.33. The molecule has 0 aliphatic carbocycles. The van der Waals surface area contributed by atoms with Crippen LogP contribution in [0.1, 0.15) is 19.4 Å². The first kappa shape index (κ1) is 14.3. The Labute approximate surface area is 109 Å². The van der Waals surface area contributed by atoms with Crippen molar-refractivity contribution in [2.24, 2.45) is 0 Å². The topological polar surface area (TPSA) is 29.5 Å². The Morgan fingerprint density at radius 3 is 2.44 bits per heavy atom. The molecule has 0 aliphatic rings. The van der Waals surface area contributed by atoms with Crippen molar-refractivity contribution in [2.45, 2.75) is 20.8 Å². The van der Waals surface area contributed by atoms with Crippen LogP contribution in [-0.2, 0) is 9.53 Å². The van der Waals surface area contributed by atoms with Crippen molar-refractivity contribution < 1.29 is 9.53 Å². The van der Waals surface area contributed by atoms with E-state index in [1.165, 1.54) is 5.56 Å². The van der Waals surface area contributed by atoms with Gasteiger partial charge in [-0.05, 0) is 32.9 Å². The largest absolute Gasteiger partial charge is 0.460 e. The van der Waals surface area contributed by atoms with Crippen LogP contribution in [0.25, 0.3) is 0 Å². The number of esters is 1. The average molecular weight is 247 g/mol. The lowest BCUT2D eigenvalue weighted by Crippen LogP contribution is -2.28. The van der Waals surface area contributed by atoms with Gasteiger partial charge in [0.15, 0.2) is 0 Å². The normalized spacial score (nSPS) is 9.94. The van der Waals surface area contributed by atoms with Crippen LogP contribution < -0.4 is 4.90 Å². The molecular formula is C15H21NO2. The van der Waals surface area contributed by atoms with Gasteiger partial charge in [0.05, 0.1) is 6.54 Å². The summed E-state index contributed by atoms with van der Waals surface area (Å²) in [5.41, 5.74) is 2.83. The minimum absolute atomic E-state index is 0.324. The lowest BCUT2D eigenvalue weighted by molar-refractivity contribution is -0.138. The van der Waals surface area contributed by atoms with Gasteiger partial charge in [-0.25, -0.2) is 4.79 Å². The second-order valence-corrected chi connectivity index (χ2v) is 4.33. The number of carbonyl (C=O) groups is 1. The maximum absolute atomic E-state index is 11.3. The van der Waals surface area contributed by atoms with E-state index in [1.807, 2.05) is 0 Å². The van der Waals surface area contributed by atoms with Crippen LogP contribution in [0.15, 0.2) is 36.4 Å². The van der Waals surface area contributed by atoms with E-state index in [0.29, 0.717) is 18.7 Å². The Hall–Kier alpha value is -1.77. The summed E-state index contributed by atoms with van der Waals surface area (Å²) in [4.78, 5) is 13.4. The fourth-order valence-corrected chi connectivity index (χ4v) is 1.60. The monoisotopic (exact) mass is 247 g/mol. The predicted octanol–water partition coefficient (Wildman–Crippen LogP) is 2.94. The van der Waals surface area contributed by atoms with Crippen LogP contribution in [0.4, 0.5) is 5.69 Å².